The normalized spacial score (nSPS) is 12.5. The van der Waals surface area contributed by atoms with Gasteiger partial charge < -0.3 is 10.1 Å². The highest BCUT2D eigenvalue weighted by atomic mass is 32.2. The molecular formula is C21H28N2O4S. The maximum Gasteiger partial charge on any atom is 0.264 e. The quantitative estimate of drug-likeness (QED) is 0.695. The molecule has 0 aliphatic heterocycles. The third-order valence-electron chi connectivity index (χ3n) is 4.44. The second kappa shape index (κ2) is 9.59. The van der Waals surface area contributed by atoms with Gasteiger partial charge in [-0.15, -0.1) is 0 Å². The zero-order valence-electron chi connectivity index (χ0n) is 16.8. The van der Waals surface area contributed by atoms with Crippen molar-refractivity contribution in [3.05, 3.63) is 54.6 Å². The number of carbonyl (C=O) groups is 1. The van der Waals surface area contributed by atoms with E-state index in [9.17, 15) is 13.2 Å². The summed E-state index contributed by atoms with van der Waals surface area (Å²) >= 11 is 0. The lowest BCUT2D eigenvalue weighted by atomic mass is 10.1. The monoisotopic (exact) mass is 404 g/mol. The average molecular weight is 405 g/mol. The van der Waals surface area contributed by atoms with E-state index in [-0.39, 0.29) is 29.3 Å². The van der Waals surface area contributed by atoms with Crippen LogP contribution in [0, 0.1) is 5.92 Å². The van der Waals surface area contributed by atoms with Gasteiger partial charge in [0.2, 0.25) is 5.91 Å². The lowest BCUT2D eigenvalue weighted by Crippen LogP contribution is -2.45. The van der Waals surface area contributed by atoms with Crippen LogP contribution in [0.5, 0.6) is 5.75 Å². The highest BCUT2D eigenvalue weighted by Crippen LogP contribution is 2.25. The minimum absolute atomic E-state index is 0.0610. The zero-order valence-corrected chi connectivity index (χ0v) is 17.6. The second-order valence-corrected chi connectivity index (χ2v) is 8.71. The molecule has 0 unspecified atom stereocenters. The SMILES string of the molecule is CCOc1ccc(N(CC(=O)N[C@@H](C)C(C)C)S(=O)(=O)c2ccccc2)cc1. The largest absolute Gasteiger partial charge is 0.494 e. The number of hydrogen-bond acceptors (Lipinski definition) is 4. The molecule has 7 heteroatoms. The number of anilines is 1. The number of nitrogens with zero attached hydrogens (tertiary/aromatic N) is 1. The molecule has 0 heterocycles. The van der Waals surface area contributed by atoms with Crippen molar-refractivity contribution in [1.29, 1.82) is 0 Å². The van der Waals surface area contributed by atoms with Crippen molar-refractivity contribution in [3.8, 4) is 5.75 Å². The van der Waals surface area contributed by atoms with Crippen LogP contribution in [0.1, 0.15) is 27.7 Å². The highest BCUT2D eigenvalue weighted by Gasteiger charge is 2.27. The van der Waals surface area contributed by atoms with Crippen LogP contribution in [0.3, 0.4) is 0 Å². The molecule has 0 fully saturated rings. The van der Waals surface area contributed by atoms with Gasteiger partial charge in [0.25, 0.3) is 10.0 Å². The summed E-state index contributed by atoms with van der Waals surface area (Å²) in [5.41, 5.74) is 0.402. The maximum atomic E-state index is 13.2. The Morgan fingerprint density at radius 2 is 1.64 bits per heavy atom. The van der Waals surface area contributed by atoms with Crippen molar-refractivity contribution in [2.24, 2.45) is 5.92 Å². The van der Waals surface area contributed by atoms with E-state index in [0.717, 1.165) is 4.31 Å². The predicted octanol–water partition coefficient (Wildman–Crippen LogP) is 3.44. The van der Waals surface area contributed by atoms with Gasteiger partial charge in [0.15, 0.2) is 0 Å². The lowest BCUT2D eigenvalue weighted by molar-refractivity contribution is -0.120. The number of rotatable bonds is 9. The summed E-state index contributed by atoms with van der Waals surface area (Å²) in [5, 5.41) is 2.87. The summed E-state index contributed by atoms with van der Waals surface area (Å²) in [5.74, 6) is 0.532. The van der Waals surface area contributed by atoms with Crippen molar-refractivity contribution in [3.63, 3.8) is 0 Å². The predicted molar refractivity (Wildman–Crippen MR) is 111 cm³/mol. The Morgan fingerprint density at radius 3 is 2.18 bits per heavy atom. The molecule has 0 spiro atoms. The van der Waals surface area contributed by atoms with Gasteiger partial charge in [0.1, 0.15) is 12.3 Å². The Labute approximate surface area is 167 Å². The van der Waals surface area contributed by atoms with Crippen LogP contribution in [-0.4, -0.2) is 33.5 Å². The molecule has 0 saturated heterocycles. The van der Waals surface area contributed by atoms with E-state index >= 15 is 0 Å². The van der Waals surface area contributed by atoms with Gasteiger partial charge in [-0.05, 0) is 56.2 Å². The first kappa shape index (κ1) is 21.8. The minimum atomic E-state index is -3.90. The van der Waals surface area contributed by atoms with Crippen molar-refractivity contribution < 1.29 is 17.9 Å². The molecule has 0 saturated carbocycles. The highest BCUT2D eigenvalue weighted by molar-refractivity contribution is 7.92. The van der Waals surface area contributed by atoms with Gasteiger partial charge in [0.05, 0.1) is 17.2 Å². The first-order valence-electron chi connectivity index (χ1n) is 9.35. The van der Waals surface area contributed by atoms with Gasteiger partial charge in [-0.2, -0.15) is 0 Å². The molecule has 1 atom stereocenters. The van der Waals surface area contributed by atoms with Gasteiger partial charge in [-0.1, -0.05) is 32.0 Å². The third-order valence-corrected chi connectivity index (χ3v) is 6.23. The Balaban J connectivity index is 2.36. The summed E-state index contributed by atoms with van der Waals surface area (Å²) in [6.07, 6.45) is 0. The van der Waals surface area contributed by atoms with Crippen LogP contribution < -0.4 is 14.4 Å². The number of sulfonamides is 1. The van der Waals surface area contributed by atoms with Crippen LogP contribution in [0.4, 0.5) is 5.69 Å². The van der Waals surface area contributed by atoms with E-state index < -0.39 is 10.0 Å². The van der Waals surface area contributed by atoms with Crippen LogP contribution >= 0.6 is 0 Å². The summed E-state index contributed by atoms with van der Waals surface area (Å²) in [4.78, 5) is 12.7. The fraction of sp³-hybridized carbons (Fsp3) is 0.381. The lowest BCUT2D eigenvalue weighted by Gasteiger charge is -2.26. The third kappa shape index (κ3) is 5.48. The number of benzene rings is 2. The molecule has 1 amide bonds. The number of ether oxygens (including phenoxy) is 1. The summed E-state index contributed by atoms with van der Waals surface area (Å²) in [6.45, 7) is 7.98. The van der Waals surface area contributed by atoms with Crippen molar-refractivity contribution >= 4 is 21.6 Å². The molecule has 0 aromatic heterocycles. The van der Waals surface area contributed by atoms with Gasteiger partial charge in [-0.3, -0.25) is 9.10 Å². The molecule has 1 N–H and O–H groups in total. The molecule has 6 nitrogen and oxygen atoms in total. The summed E-state index contributed by atoms with van der Waals surface area (Å²) in [6, 6.07) is 14.7. The van der Waals surface area contributed by atoms with Crippen LogP contribution in [0.2, 0.25) is 0 Å². The van der Waals surface area contributed by atoms with E-state index in [0.29, 0.717) is 18.0 Å². The number of nitrogens with one attached hydrogen (secondary N) is 1. The molecule has 2 rings (SSSR count). The van der Waals surface area contributed by atoms with Crippen LogP contribution in [0.15, 0.2) is 59.5 Å². The van der Waals surface area contributed by atoms with Crippen molar-refractivity contribution in [1.82, 2.24) is 5.32 Å². The van der Waals surface area contributed by atoms with Crippen molar-refractivity contribution in [2.45, 2.75) is 38.6 Å². The van der Waals surface area contributed by atoms with Gasteiger partial charge >= 0.3 is 0 Å². The van der Waals surface area contributed by atoms with E-state index in [1.165, 1.54) is 12.1 Å². The fourth-order valence-electron chi connectivity index (χ4n) is 2.51. The zero-order chi connectivity index (χ0) is 20.7. The number of amides is 1. The second-order valence-electron chi connectivity index (χ2n) is 6.85. The minimum Gasteiger partial charge on any atom is -0.494 e. The summed E-state index contributed by atoms with van der Waals surface area (Å²) < 4.78 is 33.0. The van der Waals surface area contributed by atoms with Crippen molar-refractivity contribution in [2.75, 3.05) is 17.5 Å². The Hall–Kier alpha value is -2.54. The molecular weight excluding hydrogens is 376 g/mol. The van der Waals surface area contributed by atoms with E-state index in [1.54, 1.807) is 42.5 Å². The fourth-order valence-corrected chi connectivity index (χ4v) is 3.95. The molecule has 2 aromatic carbocycles. The smallest absolute Gasteiger partial charge is 0.264 e. The standard InChI is InChI=1S/C21H28N2O4S/c1-5-27-19-13-11-18(12-14-19)23(15-21(24)22-17(4)16(2)3)28(25,26)20-9-7-6-8-10-20/h6-14,16-17H,5,15H2,1-4H3,(H,22,24)/t17-/m0/s1. The Kier molecular flexibility index (Phi) is 7.45. The number of carbonyl (C=O) groups excluding carboxylic acids is 1. The molecule has 0 bridgehead atoms. The molecule has 2 aromatic rings. The molecule has 0 aliphatic carbocycles. The maximum absolute atomic E-state index is 13.2. The summed E-state index contributed by atoms with van der Waals surface area (Å²) in [7, 11) is -3.90. The first-order chi connectivity index (χ1) is 13.3. The average Bonchev–Trinajstić information content (AvgIpc) is 2.67. The van der Waals surface area contributed by atoms with Gasteiger partial charge in [-0.25, -0.2) is 8.42 Å². The van der Waals surface area contributed by atoms with E-state index in [2.05, 4.69) is 5.32 Å². The Bertz CT molecular complexity index is 865. The number of hydrogen-bond donors (Lipinski definition) is 1. The molecule has 0 radical (unpaired) electrons. The molecule has 28 heavy (non-hydrogen) atoms. The van der Waals surface area contributed by atoms with Gasteiger partial charge in [0, 0.05) is 6.04 Å². The molecule has 152 valence electrons. The van der Waals surface area contributed by atoms with Crippen LogP contribution in [0.25, 0.3) is 0 Å². The van der Waals surface area contributed by atoms with E-state index in [4.69, 9.17) is 4.74 Å². The first-order valence-corrected chi connectivity index (χ1v) is 10.8. The Morgan fingerprint density at radius 1 is 1.04 bits per heavy atom. The topological polar surface area (TPSA) is 75.7 Å². The van der Waals surface area contributed by atoms with E-state index in [1.807, 2.05) is 27.7 Å². The van der Waals surface area contributed by atoms with Crippen LogP contribution in [-0.2, 0) is 14.8 Å². The molecule has 0 aliphatic rings.